The molecule has 4 rings (SSSR count). The van der Waals surface area contributed by atoms with Gasteiger partial charge in [-0.05, 0) is 49.0 Å². The zero-order chi connectivity index (χ0) is 20.1. The number of hydrogen-bond acceptors (Lipinski definition) is 6. The van der Waals surface area contributed by atoms with Gasteiger partial charge in [0, 0.05) is 19.6 Å². The van der Waals surface area contributed by atoms with Crippen LogP contribution in [0.1, 0.15) is 43.1 Å². The fourth-order valence-electron chi connectivity index (χ4n) is 4.32. The van der Waals surface area contributed by atoms with Gasteiger partial charge in [-0.25, -0.2) is 4.68 Å². The van der Waals surface area contributed by atoms with Gasteiger partial charge in [0.2, 0.25) is 5.91 Å². The standard InChI is InChI=1S/C21H31N7O/c1-25-13-14-27(15-19(25)18-9-5-4-6-10-18)21(29)17-28-20(22-23-24-28)16-26-11-7-2-3-8-12-26/h4-6,9-10,19H,2-3,7-8,11-17H2,1H3. The summed E-state index contributed by atoms with van der Waals surface area (Å²) in [7, 11) is 2.13. The Balaban J connectivity index is 1.39. The van der Waals surface area contributed by atoms with E-state index in [1.807, 2.05) is 11.0 Å². The maximum Gasteiger partial charge on any atom is 0.244 e. The van der Waals surface area contributed by atoms with E-state index in [2.05, 4.69) is 56.6 Å². The number of benzene rings is 1. The molecule has 1 atom stereocenters. The number of carbonyl (C=O) groups is 1. The first-order valence-corrected chi connectivity index (χ1v) is 10.7. The Bertz CT molecular complexity index is 785. The molecular weight excluding hydrogens is 366 g/mol. The molecule has 1 aromatic heterocycles. The summed E-state index contributed by atoms with van der Waals surface area (Å²) in [6.45, 7) is 5.39. The zero-order valence-electron chi connectivity index (χ0n) is 17.3. The zero-order valence-corrected chi connectivity index (χ0v) is 17.3. The molecule has 8 heteroatoms. The van der Waals surface area contributed by atoms with E-state index in [9.17, 15) is 4.79 Å². The third-order valence-electron chi connectivity index (χ3n) is 6.14. The lowest BCUT2D eigenvalue weighted by Gasteiger charge is -2.39. The van der Waals surface area contributed by atoms with Crippen molar-refractivity contribution >= 4 is 5.91 Å². The van der Waals surface area contributed by atoms with Crippen LogP contribution in [0.4, 0.5) is 0 Å². The summed E-state index contributed by atoms with van der Waals surface area (Å²) >= 11 is 0. The number of likely N-dealkylation sites (N-methyl/N-ethyl adjacent to an activating group) is 1. The fourth-order valence-corrected chi connectivity index (χ4v) is 4.32. The van der Waals surface area contributed by atoms with Crippen LogP contribution in [-0.2, 0) is 17.9 Å². The molecule has 3 heterocycles. The topological polar surface area (TPSA) is 70.4 Å². The van der Waals surface area contributed by atoms with E-state index in [1.165, 1.54) is 31.2 Å². The van der Waals surface area contributed by atoms with Crippen LogP contribution < -0.4 is 0 Å². The average molecular weight is 398 g/mol. The summed E-state index contributed by atoms with van der Waals surface area (Å²) in [5.74, 6) is 0.873. The molecule has 0 saturated carbocycles. The lowest BCUT2D eigenvalue weighted by Crippen LogP contribution is -2.50. The van der Waals surface area contributed by atoms with Gasteiger partial charge in [0.25, 0.3) is 0 Å². The predicted molar refractivity (Wildman–Crippen MR) is 110 cm³/mol. The van der Waals surface area contributed by atoms with E-state index in [-0.39, 0.29) is 18.5 Å². The second-order valence-corrected chi connectivity index (χ2v) is 8.19. The summed E-state index contributed by atoms with van der Waals surface area (Å²) in [5.41, 5.74) is 1.25. The molecule has 0 spiro atoms. The second kappa shape index (κ2) is 9.45. The van der Waals surface area contributed by atoms with Crippen LogP contribution in [0.25, 0.3) is 0 Å². The van der Waals surface area contributed by atoms with E-state index in [1.54, 1.807) is 4.68 Å². The molecule has 2 saturated heterocycles. The van der Waals surface area contributed by atoms with Crippen molar-refractivity contribution in [3.63, 3.8) is 0 Å². The van der Waals surface area contributed by atoms with Crippen molar-refractivity contribution in [3.8, 4) is 0 Å². The van der Waals surface area contributed by atoms with E-state index in [0.717, 1.165) is 38.5 Å². The van der Waals surface area contributed by atoms with Gasteiger partial charge in [0.1, 0.15) is 6.54 Å². The van der Waals surface area contributed by atoms with Gasteiger partial charge >= 0.3 is 0 Å². The molecule has 0 N–H and O–H groups in total. The maximum absolute atomic E-state index is 13.0. The first-order valence-electron chi connectivity index (χ1n) is 10.7. The largest absolute Gasteiger partial charge is 0.338 e. The monoisotopic (exact) mass is 397 g/mol. The van der Waals surface area contributed by atoms with Gasteiger partial charge in [-0.15, -0.1) is 5.10 Å². The van der Waals surface area contributed by atoms with Crippen LogP contribution >= 0.6 is 0 Å². The van der Waals surface area contributed by atoms with Crippen LogP contribution in [0.2, 0.25) is 0 Å². The van der Waals surface area contributed by atoms with E-state index in [4.69, 9.17) is 0 Å². The quantitative estimate of drug-likeness (QED) is 0.763. The number of hydrogen-bond donors (Lipinski definition) is 0. The summed E-state index contributed by atoms with van der Waals surface area (Å²) < 4.78 is 1.68. The Labute approximate surface area is 172 Å². The van der Waals surface area contributed by atoms with Gasteiger partial charge in [-0.1, -0.05) is 43.2 Å². The number of piperazine rings is 1. The van der Waals surface area contributed by atoms with Crippen molar-refractivity contribution in [2.24, 2.45) is 0 Å². The highest BCUT2D eigenvalue weighted by Crippen LogP contribution is 2.24. The Morgan fingerprint density at radius 3 is 2.55 bits per heavy atom. The SMILES string of the molecule is CN1CCN(C(=O)Cn2nnnc2CN2CCCCCC2)CC1c1ccccc1. The van der Waals surface area contributed by atoms with Crippen molar-refractivity contribution in [1.29, 1.82) is 0 Å². The highest BCUT2D eigenvalue weighted by molar-refractivity contribution is 5.76. The van der Waals surface area contributed by atoms with Crippen LogP contribution in [-0.4, -0.2) is 80.6 Å². The number of aromatic nitrogens is 4. The molecule has 2 aliphatic rings. The molecule has 1 aromatic carbocycles. The van der Waals surface area contributed by atoms with Crippen molar-refractivity contribution in [3.05, 3.63) is 41.7 Å². The van der Waals surface area contributed by atoms with Gasteiger partial charge in [-0.3, -0.25) is 14.6 Å². The predicted octanol–water partition coefficient (Wildman–Crippen LogP) is 1.56. The Kier molecular flexibility index (Phi) is 6.51. The van der Waals surface area contributed by atoms with Crippen LogP contribution in [0, 0.1) is 0 Å². The van der Waals surface area contributed by atoms with Crippen molar-refractivity contribution in [2.75, 3.05) is 39.8 Å². The minimum atomic E-state index is 0.0865. The molecule has 29 heavy (non-hydrogen) atoms. The molecule has 0 bridgehead atoms. The smallest absolute Gasteiger partial charge is 0.244 e. The van der Waals surface area contributed by atoms with Crippen LogP contribution in [0.15, 0.2) is 30.3 Å². The molecule has 2 aromatic rings. The minimum absolute atomic E-state index is 0.0865. The van der Waals surface area contributed by atoms with Crippen molar-refractivity contribution < 1.29 is 4.79 Å². The summed E-state index contributed by atoms with van der Waals surface area (Å²) in [6.07, 6.45) is 5.04. The number of rotatable bonds is 5. The number of nitrogens with zero attached hydrogens (tertiary/aromatic N) is 7. The number of likely N-dealkylation sites (tertiary alicyclic amines) is 1. The highest BCUT2D eigenvalue weighted by Gasteiger charge is 2.29. The Hall–Kier alpha value is -2.32. The second-order valence-electron chi connectivity index (χ2n) is 8.19. The van der Waals surface area contributed by atoms with Gasteiger partial charge in [0.05, 0.1) is 12.6 Å². The molecule has 2 fully saturated rings. The molecule has 156 valence electrons. The van der Waals surface area contributed by atoms with Crippen molar-refractivity contribution in [1.82, 2.24) is 34.9 Å². The van der Waals surface area contributed by atoms with Crippen molar-refractivity contribution in [2.45, 2.75) is 44.8 Å². The van der Waals surface area contributed by atoms with Crippen LogP contribution in [0.5, 0.6) is 0 Å². The molecular formula is C21H31N7O. The normalized spacial score (nSPS) is 21.8. The third-order valence-corrected chi connectivity index (χ3v) is 6.14. The maximum atomic E-state index is 13.0. The summed E-state index contributed by atoms with van der Waals surface area (Å²) in [5, 5.41) is 12.1. The van der Waals surface area contributed by atoms with E-state index < -0.39 is 0 Å². The number of tetrazole rings is 1. The summed E-state index contributed by atoms with van der Waals surface area (Å²) in [4.78, 5) is 19.7. The van der Waals surface area contributed by atoms with E-state index in [0.29, 0.717) is 6.54 Å². The minimum Gasteiger partial charge on any atom is -0.338 e. The van der Waals surface area contributed by atoms with Gasteiger partial charge in [-0.2, -0.15) is 0 Å². The molecule has 0 radical (unpaired) electrons. The van der Waals surface area contributed by atoms with E-state index >= 15 is 0 Å². The number of amides is 1. The van der Waals surface area contributed by atoms with Crippen LogP contribution in [0.3, 0.4) is 0 Å². The number of carbonyl (C=O) groups excluding carboxylic acids is 1. The molecule has 8 nitrogen and oxygen atoms in total. The molecule has 2 aliphatic heterocycles. The highest BCUT2D eigenvalue weighted by atomic mass is 16.2. The Morgan fingerprint density at radius 1 is 1.03 bits per heavy atom. The third kappa shape index (κ3) is 5.00. The van der Waals surface area contributed by atoms with Gasteiger partial charge in [0.15, 0.2) is 5.82 Å². The molecule has 1 amide bonds. The molecule has 0 aliphatic carbocycles. The van der Waals surface area contributed by atoms with Gasteiger partial charge < -0.3 is 4.90 Å². The molecule has 1 unspecified atom stereocenters. The lowest BCUT2D eigenvalue weighted by atomic mass is 10.0. The first kappa shape index (κ1) is 20.0. The lowest BCUT2D eigenvalue weighted by molar-refractivity contribution is -0.135. The first-order chi connectivity index (χ1) is 14.2. The fraction of sp³-hybridized carbons (Fsp3) is 0.619. The average Bonchev–Trinajstić information content (AvgIpc) is 3.00. The summed E-state index contributed by atoms with van der Waals surface area (Å²) in [6, 6.07) is 10.6. The Morgan fingerprint density at radius 2 is 1.79 bits per heavy atom.